The van der Waals surface area contributed by atoms with Crippen LogP contribution in [0.15, 0.2) is 0 Å². The van der Waals surface area contributed by atoms with Gasteiger partial charge >= 0.3 is 0 Å². The first kappa shape index (κ1) is 14.9. The van der Waals surface area contributed by atoms with Crippen LogP contribution >= 0.6 is 0 Å². The van der Waals surface area contributed by atoms with E-state index in [2.05, 4.69) is 4.90 Å². The lowest BCUT2D eigenvalue weighted by atomic mass is 10.2. The highest BCUT2D eigenvalue weighted by Crippen LogP contribution is 2.14. The molecule has 1 unspecified atom stereocenters. The molecule has 1 saturated heterocycles. The maximum absolute atomic E-state index is 9.92. The summed E-state index contributed by atoms with van der Waals surface area (Å²) in [5.41, 5.74) is -0.326. The zero-order valence-corrected chi connectivity index (χ0v) is 11.2. The second-order valence-corrected chi connectivity index (χ2v) is 5.51. The van der Waals surface area contributed by atoms with Gasteiger partial charge in [0.25, 0.3) is 0 Å². The normalized spacial score (nSPS) is 21.7. The summed E-state index contributed by atoms with van der Waals surface area (Å²) in [4.78, 5) is 4.25. The van der Waals surface area contributed by atoms with Crippen molar-refractivity contribution in [1.29, 1.82) is 0 Å². The van der Waals surface area contributed by atoms with E-state index in [1.54, 1.807) is 0 Å². The van der Waals surface area contributed by atoms with Crippen LogP contribution in [0.25, 0.3) is 0 Å². The summed E-state index contributed by atoms with van der Waals surface area (Å²) >= 11 is 0. The van der Waals surface area contributed by atoms with Crippen molar-refractivity contribution in [3.05, 3.63) is 0 Å². The summed E-state index contributed by atoms with van der Waals surface area (Å²) in [6.45, 7) is 10.5. The maximum Gasteiger partial charge on any atom is 0.216 e. The Hall–Kier alpha value is -0.200. The van der Waals surface area contributed by atoms with Crippen molar-refractivity contribution < 1.29 is 14.9 Å². The van der Waals surface area contributed by atoms with Crippen LogP contribution in [0, 0.1) is 0 Å². The summed E-state index contributed by atoms with van der Waals surface area (Å²) in [5.74, 6) is 0. The first-order valence-corrected chi connectivity index (χ1v) is 6.35. The minimum absolute atomic E-state index is 0.246. The van der Waals surface area contributed by atoms with Gasteiger partial charge in [-0.2, -0.15) is 0 Å². The zero-order chi connectivity index (χ0) is 12.9. The number of hydrogen-bond acceptors (Lipinski definition) is 5. The molecule has 0 aromatic heterocycles. The smallest absolute Gasteiger partial charge is 0.216 e. The van der Waals surface area contributed by atoms with Gasteiger partial charge in [0, 0.05) is 39.3 Å². The molecular formula is C12H26N2O3. The van der Waals surface area contributed by atoms with Gasteiger partial charge in [-0.15, -0.1) is 0 Å². The molecule has 0 amide bonds. The number of nitrogens with zero attached hydrogens (tertiary/aromatic N) is 2. The molecule has 1 rings (SSSR count). The SMILES string of the molecule is CC(C)(C)OC(O)N1CCN(CCCO)CC1. The van der Waals surface area contributed by atoms with Crippen LogP contribution in [0.4, 0.5) is 0 Å². The molecule has 0 aromatic carbocycles. The molecule has 17 heavy (non-hydrogen) atoms. The van der Waals surface area contributed by atoms with E-state index in [-0.39, 0.29) is 12.2 Å². The summed E-state index contributed by atoms with van der Waals surface area (Å²) < 4.78 is 5.52. The third-order valence-corrected chi connectivity index (χ3v) is 2.81. The quantitative estimate of drug-likeness (QED) is 0.673. The van der Waals surface area contributed by atoms with Gasteiger partial charge in [0.2, 0.25) is 6.41 Å². The predicted molar refractivity (Wildman–Crippen MR) is 66.6 cm³/mol. The number of rotatable bonds is 5. The third-order valence-electron chi connectivity index (χ3n) is 2.81. The molecule has 1 aliphatic heterocycles. The molecule has 0 aromatic rings. The highest BCUT2D eigenvalue weighted by Gasteiger charge is 2.25. The highest BCUT2D eigenvalue weighted by molar-refractivity contribution is 4.72. The van der Waals surface area contributed by atoms with Gasteiger partial charge in [0.15, 0.2) is 0 Å². The van der Waals surface area contributed by atoms with Gasteiger partial charge in [-0.05, 0) is 27.2 Å². The van der Waals surface area contributed by atoms with E-state index in [1.165, 1.54) is 0 Å². The van der Waals surface area contributed by atoms with Crippen LogP contribution in [0.2, 0.25) is 0 Å². The van der Waals surface area contributed by atoms with Crippen LogP contribution in [0.3, 0.4) is 0 Å². The first-order chi connectivity index (χ1) is 7.92. The molecule has 0 aliphatic carbocycles. The van der Waals surface area contributed by atoms with E-state index in [9.17, 15) is 5.11 Å². The lowest BCUT2D eigenvalue weighted by molar-refractivity contribution is -0.244. The van der Waals surface area contributed by atoms with E-state index in [0.29, 0.717) is 0 Å². The monoisotopic (exact) mass is 246 g/mol. The second kappa shape index (κ2) is 6.66. The van der Waals surface area contributed by atoms with Crippen LogP contribution in [0.1, 0.15) is 27.2 Å². The number of aliphatic hydroxyl groups excluding tert-OH is 2. The average Bonchev–Trinajstić information content (AvgIpc) is 2.24. The van der Waals surface area contributed by atoms with E-state index < -0.39 is 6.41 Å². The van der Waals surface area contributed by atoms with Crippen molar-refractivity contribution in [1.82, 2.24) is 9.80 Å². The lowest BCUT2D eigenvalue weighted by Gasteiger charge is -2.38. The van der Waals surface area contributed by atoms with Gasteiger partial charge in [-0.25, -0.2) is 0 Å². The summed E-state index contributed by atoms with van der Waals surface area (Å²) in [5, 5.41) is 18.7. The minimum atomic E-state index is -0.810. The molecule has 102 valence electrons. The molecular weight excluding hydrogens is 220 g/mol. The number of hydrogen-bond donors (Lipinski definition) is 2. The van der Waals surface area contributed by atoms with Gasteiger partial charge in [-0.1, -0.05) is 0 Å². The largest absolute Gasteiger partial charge is 0.396 e. The van der Waals surface area contributed by atoms with Crippen molar-refractivity contribution in [2.24, 2.45) is 0 Å². The molecule has 1 heterocycles. The average molecular weight is 246 g/mol. The molecule has 5 heteroatoms. The fourth-order valence-corrected chi connectivity index (χ4v) is 1.89. The van der Waals surface area contributed by atoms with Crippen LogP contribution in [0.5, 0.6) is 0 Å². The Morgan fingerprint density at radius 3 is 2.24 bits per heavy atom. The first-order valence-electron chi connectivity index (χ1n) is 6.35. The van der Waals surface area contributed by atoms with Gasteiger partial charge in [0.1, 0.15) is 0 Å². The van der Waals surface area contributed by atoms with Crippen molar-refractivity contribution in [2.75, 3.05) is 39.3 Å². The Morgan fingerprint density at radius 2 is 1.76 bits per heavy atom. The van der Waals surface area contributed by atoms with Crippen molar-refractivity contribution >= 4 is 0 Å². The van der Waals surface area contributed by atoms with Crippen LogP contribution < -0.4 is 0 Å². The fraction of sp³-hybridized carbons (Fsp3) is 1.00. The fourth-order valence-electron chi connectivity index (χ4n) is 1.89. The second-order valence-electron chi connectivity index (χ2n) is 5.51. The maximum atomic E-state index is 9.92. The Bertz CT molecular complexity index is 210. The molecule has 0 saturated carbocycles. The van der Waals surface area contributed by atoms with Crippen LogP contribution in [-0.4, -0.2) is 71.4 Å². The van der Waals surface area contributed by atoms with Gasteiger partial charge in [0.05, 0.1) is 5.60 Å². The lowest BCUT2D eigenvalue weighted by Crippen LogP contribution is -2.52. The molecule has 1 aliphatic rings. The Balaban J connectivity index is 2.26. The van der Waals surface area contributed by atoms with E-state index in [1.807, 2.05) is 25.7 Å². The summed E-state index contributed by atoms with van der Waals surface area (Å²) in [7, 11) is 0. The molecule has 5 nitrogen and oxygen atoms in total. The van der Waals surface area contributed by atoms with Crippen LogP contribution in [-0.2, 0) is 4.74 Å². The Labute approximate surface area is 104 Å². The molecule has 1 atom stereocenters. The summed E-state index contributed by atoms with van der Waals surface area (Å²) in [6.07, 6.45) is 0.0103. The third kappa shape index (κ3) is 5.79. The Morgan fingerprint density at radius 1 is 1.18 bits per heavy atom. The zero-order valence-electron chi connectivity index (χ0n) is 11.2. The predicted octanol–water partition coefficient (Wildman–Crippen LogP) is 0.0774. The highest BCUT2D eigenvalue weighted by atomic mass is 16.6. The van der Waals surface area contributed by atoms with Gasteiger partial charge < -0.3 is 19.8 Å². The molecule has 0 bridgehead atoms. The van der Waals surface area contributed by atoms with Crippen molar-refractivity contribution in [3.63, 3.8) is 0 Å². The van der Waals surface area contributed by atoms with E-state index >= 15 is 0 Å². The number of ether oxygens (including phenoxy) is 1. The molecule has 2 N–H and O–H groups in total. The molecule has 0 radical (unpaired) electrons. The van der Waals surface area contributed by atoms with E-state index in [4.69, 9.17) is 9.84 Å². The van der Waals surface area contributed by atoms with Crippen molar-refractivity contribution in [3.8, 4) is 0 Å². The topological polar surface area (TPSA) is 56.2 Å². The molecule has 1 fully saturated rings. The number of aliphatic hydroxyl groups is 2. The standard InChI is InChI=1S/C12H26N2O3/c1-12(2,3)17-11(16)14-8-6-13(7-9-14)5-4-10-15/h11,15-16H,4-10H2,1-3H3. The Kier molecular flexibility index (Phi) is 5.82. The molecule has 0 spiro atoms. The minimum Gasteiger partial charge on any atom is -0.396 e. The van der Waals surface area contributed by atoms with Gasteiger partial charge in [-0.3, -0.25) is 4.90 Å². The number of piperazine rings is 1. The van der Waals surface area contributed by atoms with E-state index in [0.717, 1.165) is 39.1 Å². The summed E-state index contributed by atoms with van der Waals surface area (Å²) in [6, 6.07) is 0. The van der Waals surface area contributed by atoms with Crippen molar-refractivity contribution in [2.45, 2.75) is 39.2 Å².